The summed E-state index contributed by atoms with van der Waals surface area (Å²) in [4.78, 5) is 28.8. The van der Waals surface area contributed by atoms with E-state index in [0.717, 1.165) is 67.3 Å². The number of carbonyl (C=O) groups excluding carboxylic acids is 2. The molecule has 8 heteroatoms. The fourth-order valence-electron chi connectivity index (χ4n) is 4.84. The SMILES string of the molecule is C#CCNC(=O)C(=O)NCc1ccccc1C(NC1(c2cc(F)cc(/C(C=NC3CC3)=C/N)c2)CC1)=C1CCC1. The lowest BCUT2D eigenvalue weighted by molar-refractivity contribution is -0.139. The Kier molecular flexibility index (Phi) is 8.01. The van der Waals surface area contributed by atoms with Crippen LogP contribution in [0.3, 0.4) is 0 Å². The van der Waals surface area contributed by atoms with Crippen molar-refractivity contribution in [3.63, 3.8) is 0 Å². The van der Waals surface area contributed by atoms with Gasteiger partial charge >= 0.3 is 11.8 Å². The predicted octanol–water partition coefficient (Wildman–Crippen LogP) is 3.90. The first kappa shape index (κ1) is 27.2. The molecule has 5 rings (SSSR count). The average Bonchev–Trinajstić information content (AvgIpc) is 3.86. The third-order valence-corrected chi connectivity index (χ3v) is 7.64. The molecule has 40 heavy (non-hydrogen) atoms. The van der Waals surface area contributed by atoms with Crippen LogP contribution in [-0.4, -0.2) is 30.6 Å². The molecule has 5 N–H and O–H groups in total. The van der Waals surface area contributed by atoms with Crippen molar-refractivity contribution in [1.29, 1.82) is 0 Å². The van der Waals surface area contributed by atoms with E-state index in [1.165, 1.54) is 17.8 Å². The Morgan fingerprint density at radius 3 is 2.52 bits per heavy atom. The number of terminal acetylenes is 1. The minimum atomic E-state index is -0.766. The van der Waals surface area contributed by atoms with Gasteiger partial charge in [-0.1, -0.05) is 30.2 Å². The highest BCUT2D eigenvalue weighted by Crippen LogP contribution is 2.49. The maximum absolute atomic E-state index is 14.9. The van der Waals surface area contributed by atoms with Gasteiger partial charge in [0.15, 0.2) is 0 Å². The zero-order valence-electron chi connectivity index (χ0n) is 22.4. The molecule has 0 saturated heterocycles. The summed E-state index contributed by atoms with van der Waals surface area (Å²) < 4.78 is 14.9. The number of allylic oxidation sites excluding steroid dienone is 2. The van der Waals surface area contributed by atoms with Crippen molar-refractivity contribution in [2.45, 2.75) is 63.1 Å². The molecular formula is C32H34FN5O2. The Morgan fingerprint density at radius 1 is 1.12 bits per heavy atom. The van der Waals surface area contributed by atoms with Crippen LogP contribution in [0.5, 0.6) is 0 Å². The van der Waals surface area contributed by atoms with Gasteiger partial charge in [-0.05, 0) is 85.4 Å². The van der Waals surface area contributed by atoms with Gasteiger partial charge < -0.3 is 21.7 Å². The largest absolute Gasteiger partial charge is 0.404 e. The number of nitrogens with one attached hydrogen (secondary N) is 3. The molecule has 0 radical (unpaired) electrons. The van der Waals surface area contributed by atoms with Crippen molar-refractivity contribution in [3.8, 4) is 12.3 Å². The van der Waals surface area contributed by atoms with Gasteiger partial charge in [0.2, 0.25) is 0 Å². The van der Waals surface area contributed by atoms with E-state index in [-0.39, 0.29) is 18.9 Å². The highest BCUT2D eigenvalue weighted by atomic mass is 19.1. The second kappa shape index (κ2) is 11.8. The van der Waals surface area contributed by atoms with Crippen LogP contribution in [0.15, 0.2) is 59.2 Å². The van der Waals surface area contributed by atoms with Gasteiger partial charge in [0.05, 0.1) is 18.1 Å². The third-order valence-electron chi connectivity index (χ3n) is 7.64. The molecule has 3 fully saturated rings. The lowest BCUT2D eigenvalue weighted by Gasteiger charge is -2.30. The van der Waals surface area contributed by atoms with Crippen LogP contribution in [0.1, 0.15) is 67.2 Å². The minimum absolute atomic E-state index is 0.0111. The fourth-order valence-corrected chi connectivity index (χ4v) is 4.84. The molecular weight excluding hydrogens is 505 g/mol. The van der Waals surface area contributed by atoms with Gasteiger partial charge in [-0.25, -0.2) is 4.39 Å². The zero-order valence-corrected chi connectivity index (χ0v) is 22.4. The Balaban J connectivity index is 1.40. The summed E-state index contributed by atoms with van der Waals surface area (Å²) in [5, 5.41) is 8.88. The van der Waals surface area contributed by atoms with Crippen molar-refractivity contribution < 1.29 is 14.0 Å². The molecule has 0 bridgehead atoms. The van der Waals surface area contributed by atoms with Gasteiger partial charge in [-0.15, -0.1) is 6.42 Å². The summed E-state index contributed by atoms with van der Waals surface area (Å²) in [6.07, 6.45) is 15.3. The van der Waals surface area contributed by atoms with Gasteiger partial charge in [0, 0.05) is 35.8 Å². The van der Waals surface area contributed by atoms with E-state index in [0.29, 0.717) is 17.2 Å². The van der Waals surface area contributed by atoms with Crippen LogP contribution in [0.4, 0.5) is 4.39 Å². The van der Waals surface area contributed by atoms with Crippen LogP contribution in [0.25, 0.3) is 11.3 Å². The third kappa shape index (κ3) is 6.26. The lowest BCUT2D eigenvalue weighted by atomic mass is 9.86. The molecule has 0 heterocycles. The molecule has 7 nitrogen and oxygen atoms in total. The maximum Gasteiger partial charge on any atom is 0.310 e. The second-order valence-corrected chi connectivity index (χ2v) is 10.6. The molecule has 3 saturated carbocycles. The van der Waals surface area contributed by atoms with E-state index in [2.05, 4.69) is 26.9 Å². The zero-order chi connectivity index (χ0) is 28.1. The summed E-state index contributed by atoms with van der Waals surface area (Å²) in [5.74, 6) is 0.460. The Bertz CT molecular complexity index is 1440. The monoisotopic (exact) mass is 539 g/mol. The normalized spacial score (nSPS) is 17.5. The van der Waals surface area contributed by atoms with Gasteiger partial charge in [-0.2, -0.15) is 0 Å². The fraction of sp³-hybridized carbons (Fsp3) is 0.344. The Labute approximate surface area is 234 Å². The molecule has 2 aromatic carbocycles. The molecule has 2 amide bonds. The van der Waals surface area contributed by atoms with Gasteiger partial charge in [-0.3, -0.25) is 14.6 Å². The number of halogens is 1. The topological polar surface area (TPSA) is 109 Å². The number of rotatable bonds is 10. The van der Waals surface area contributed by atoms with Crippen molar-refractivity contribution in [1.82, 2.24) is 16.0 Å². The number of carbonyl (C=O) groups is 2. The van der Waals surface area contributed by atoms with Crippen LogP contribution < -0.4 is 21.7 Å². The van der Waals surface area contributed by atoms with E-state index in [1.54, 1.807) is 12.3 Å². The van der Waals surface area contributed by atoms with Crippen LogP contribution >= 0.6 is 0 Å². The number of aliphatic imine (C=N–C) groups is 1. The predicted molar refractivity (Wildman–Crippen MR) is 155 cm³/mol. The molecule has 0 unspecified atom stereocenters. The van der Waals surface area contributed by atoms with E-state index in [1.807, 2.05) is 30.3 Å². The number of benzene rings is 2. The summed E-state index contributed by atoms with van der Waals surface area (Å²) >= 11 is 0. The number of amides is 2. The van der Waals surface area contributed by atoms with E-state index >= 15 is 0 Å². The summed E-state index contributed by atoms with van der Waals surface area (Å²) in [5.41, 5.74) is 11.9. The Hall–Kier alpha value is -4.38. The molecule has 3 aliphatic carbocycles. The van der Waals surface area contributed by atoms with Crippen LogP contribution in [0, 0.1) is 18.2 Å². The number of hydrogen-bond acceptors (Lipinski definition) is 5. The van der Waals surface area contributed by atoms with E-state index in [4.69, 9.17) is 12.2 Å². The molecule has 0 aliphatic heterocycles. The first-order valence-electron chi connectivity index (χ1n) is 13.8. The first-order chi connectivity index (χ1) is 19.4. The average molecular weight is 540 g/mol. The number of nitrogens with two attached hydrogens (primary N) is 1. The molecule has 0 atom stereocenters. The van der Waals surface area contributed by atoms with Crippen molar-refractivity contribution in [3.05, 3.63) is 82.3 Å². The molecule has 0 spiro atoms. The Morgan fingerprint density at radius 2 is 1.88 bits per heavy atom. The quantitative estimate of drug-likeness (QED) is 0.209. The van der Waals surface area contributed by atoms with Gasteiger partial charge in [0.1, 0.15) is 5.82 Å². The van der Waals surface area contributed by atoms with E-state index < -0.39 is 17.4 Å². The molecule has 0 aromatic heterocycles. The first-order valence-corrected chi connectivity index (χ1v) is 13.8. The standard InChI is InChI=1S/C32H34FN5O2/c1-2-14-35-30(39)31(40)37-19-22-6-3-4-9-28(22)29(21-7-5-8-21)38-32(12-13-32)25-15-23(16-26(33)17-25)24(18-34)20-36-27-10-11-27/h1,3-4,6,9,15-18,20,27,38H,5,7-8,10-14,19,34H2,(H,35,39)(H,37,40)/b24-18+,36-20?. The maximum atomic E-state index is 14.9. The van der Waals surface area contributed by atoms with Crippen molar-refractivity contribution >= 4 is 29.3 Å². The van der Waals surface area contributed by atoms with E-state index in [9.17, 15) is 14.0 Å². The second-order valence-electron chi connectivity index (χ2n) is 10.6. The summed E-state index contributed by atoms with van der Waals surface area (Å²) in [6.45, 7) is 0.168. The molecule has 206 valence electrons. The smallest absolute Gasteiger partial charge is 0.310 e. The number of hydrogen-bond donors (Lipinski definition) is 4. The highest BCUT2D eigenvalue weighted by molar-refractivity contribution is 6.35. The van der Waals surface area contributed by atoms with Gasteiger partial charge in [0.25, 0.3) is 0 Å². The van der Waals surface area contributed by atoms with Crippen LogP contribution in [0.2, 0.25) is 0 Å². The van der Waals surface area contributed by atoms with Crippen molar-refractivity contribution in [2.75, 3.05) is 6.54 Å². The van der Waals surface area contributed by atoms with Crippen molar-refractivity contribution in [2.24, 2.45) is 10.7 Å². The minimum Gasteiger partial charge on any atom is -0.404 e. The lowest BCUT2D eigenvalue weighted by Crippen LogP contribution is -2.39. The number of nitrogens with zero attached hydrogens (tertiary/aromatic N) is 1. The molecule has 2 aromatic rings. The summed E-state index contributed by atoms with van der Waals surface area (Å²) in [6, 6.07) is 13.3. The molecule has 3 aliphatic rings. The highest BCUT2D eigenvalue weighted by Gasteiger charge is 2.46. The summed E-state index contributed by atoms with van der Waals surface area (Å²) in [7, 11) is 0. The van der Waals surface area contributed by atoms with Crippen LogP contribution in [-0.2, 0) is 21.7 Å².